The molecule has 1 N–H and O–H groups in total. The average molecular weight is 646 g/mol. The number of benzene rings is 3. The van der Waals surface area contributed by atoms with Crippen molar-refractivity contribution in [1.29, 1.82) is 0 Å². The third kappa shape index (κ3) is 7.02. The standard InChI is InChI=1S/C34H32ClN3O6S/c1-5-42-27-17-22(13-16-26(27)44-19-29(39)37-23-14-11-20(3)12-15-23)18-28-32(40)38-31(24-9-7-8-10-25(24)35)30(33(41)43-6-2)21(4)36-34(38)45-28/h7-18,31H,5-6,19H2,1-4H3,(H,37,39)/b28-18+/t31-/m0/s1. The topological polar surface area (TPSA) is 108 Å². The number of amides is 1. The van der Waals surface area contributed by atoms with Gasteiger partial charge in [-0.3, -0.25) is 14.2 Å². The fourth-order valence-electron chi connectivity index (χ4n) is 4.91. The normalized spacial score (nSPS) is 14.4. The fraction of sp³-hybridized carbons (Fsp3) is 0.235. The first-order valence-corrected chi connectivity index (χ1v) is 15.6. The SMILES string of the molecule is CCOC(=O)C1=C(C)N=c2s/c(=C/c3ccc(OCC(=O)Nc4ccc(C)cc4)c(OCC)c3)c(=O)n2[C@H]1c1ccccc1Cl. The number of nitrogens with zero attached hydrogens (tertiary/aromatic N) is 2. The summed E-state index contributed by atoms with van der Waals surface area (Å²) in [4.78, 5) is 44.6. The molecule has 0 unspecified atom stereocenters. The smallest absolute Gasteiger partial charge is 0.338 e. The Morgan fingerprint density at radius 2 is 1.76 bits per heavy atom. The number of aromatic nitrogens is 1. The van der Waals surface area contributed by atoms with Gasteiger partial charge in [-0.2, -0.15) is 0 Å². The van der Waals surface area contributed by atoms with E-state index in [0.29, 0.717) is 55.0 Å². The van der Waals surface area contributed by atoms with Crippen LogP contribution in [0.4, 0.5) is 5.69 Å². The van der Waals surface area contributed by atoms with Gasteiger partial charge in [0.15, 0.2) is 22.9 Å². The molecule has 1 aliphatic heterocycles. The van der Waals surface area contributed by atoms with Crippen molar-refractivity contribution >= 4 is 46.6 Å². The van der Waals surface area contributed by atoms with Gasteiger partial charge in [0.1, 0.15) is 6.04 Å². The lowest BCUT2D eigenvalue weighted by molar-refractivity contribution is -0.139. The van der Waals surface area contributed by atoms with E-state index in [1.807, 2.05) is 38.1 Å². The fourth-order valence-corrected chi connectivity index (χ4v) is 6.20. The van der Waals surface area contributed by atoms with Gasteiger partial charge in [-0.15, -0.1) is 0 Å². The molecule has 1 aliphatic rings. The first-order chi connectivity index (χ1) is 21.7. The zero-order chi connectivity index (χ0) is 32.1. The average Bonchev–Trinajstić information content (AvgIpc) is 3.31. The minimum atomic E-state index is -0.808. The minimum absolute atomic E-state index is 0.175. The first kappa shape index (κ1) is 31.7. The number of nitrogens with one attached hydrogen (secondary N) is 1. The quantitative estimate of drug-likeness (QED) is 0.238. The summed E-state index contributed by atoms with van der Waals surface area (Å²) in [5.41, 5.74) is 3.43. The number of ether oxygens (including phenoxy) is 3. The van der Waals surface area contributed by atoms with Crippen LogP contribution in [0.2, 0.25) is 5.02 Å². The summed E-state index contributed by atoms with van der Waals surface area (Å²) in [7, 11) is 0. The number of rotatable bonds is 10. The molecule has 0 bridgehead atoms. The molecular formula is C34H32ClN3O6S. The highest BCUT2D eigenvalue weighted by Gasteiger charge is 2.34. The Morgan fingerprint density at radius 1 is 1.00 bits per heavy atom. The molecule has 0 fully saturated rings. The summed E-state index contributed by atoms with van der Waals surface area (Å²) in [6, 6.07) is 19.0. The Hall–Kier alpha value is -4.67. The number of carbonyl (C=O) groups excluding carboxylic acids is 2. The molecule has 4 aromatic rings. The van der Waals surface area contributed by atoms with Crippen molar-refractivity contribution in [3.63, 3.8) is 0 Å². The van der Waals surface area contributed by atoms with Crippen molar-refractivity contribution in [3.8, 4) is 11.5 Å². The van der Waals surface area contributed by atoms with Gasteiger partial charge >= 0.3 is 5.97 Å². The predicted molar refractivity (Wildman–Crippen MR) is 175 cm³/mol. The van der Waals surface area contributed by atoms with E-state index in [9.17, 15) is 14.4 Å². The maximum absolute atomic E-state index is 13.9. The molecule has 0 spiro atoms. The van der Waals surface area contributed by atoms with Crippen molar-refractivity contribution in [2.24, 2.45) is 4.99 Å². The largest absolute Gasteiger partial charge is 0.490 e. The second kappa shape index (κ2) is 14.0. The molecule has 5 rings (SSSR count). The number of carbonyl (C=O) groups is 2. The number of thiazole rings is 1. The van der Waals surface area contributed by atoms with Gasteiger partial charge in [-0.05, 0) is 75.2 Å². The molecular weight excluding hydrogens is 614 g/mol. The predicted octanol–water partition coefficient (Wildman–Crippen LogP) is 5.18. The highest BCUT2D eigenvalue weighted by molar-refractivity contribution is 7.07. The summed E-state index contributed by atoms with van der Waals surface area (Å²) in [5.74, 6) is -0.0426. The van der Waals surface area contributed by atoms with Crippen molar-refractivity contribution in [2.45, 2.75) is 33.7 Å². The van der Waals surface area contributed by atoms with Gasteiger partial charge in [0.05, 0.1) is 29.0 Å². The Morgan fingerprint density at radius 3 is 2.47 bits per heavy atom. The van der Waals surface area contributed by atoms with Gasteiger partial charge in [-0.1, -0.05) is 64.9 Å². The summed E-state index contributed by atoms with van der Waals surface area (Å²) < 4.78 is 18.8. The van der Waals surface area contributed by atoms with Crippen LogP contribution in [0.25, 0.3) is 6.08 Å². The third-order valence-electron chi connectivity index (χ3n) is 6.98. The molecule has 1 aromatic heterocycles. The number of anilines is 1. The van der Waals surface area contributed by atoms with E-state index in [1.54, 1.807) is 62.4 Å². The van der Waals surface area contributed by atoms with E-state index in [4.69, 9.17) is 25.8 Å². The Labute approximate surface area is 269 Å². The van der Waals surface area contributed by atoms with Crippen LogP contribution >= 0.6 is 22.9 Å². The van der Waals surface area contributed by atoms with Gasteiger partial charge in [0.25, 0.3) is 11.5 Å². The van der Waals surface area contributed by atoms with Crippen LogP contribution in [-0.4, -0.2) is 36.3 Å². The van der Waals surface area contributed by atoms with Crippen LogP contribution in [0.5, 0.6) is 11.5 Å². The third-order valence-corrected chi connectivity index (χ3v) is 8.30. The summed E-state index contributed by atoms with van der Waals surface area (Å²) >= 11 is 7.79. The monoisotopic (exact) mass is 645 g/mol. The number of hydrogen-bond acceptors (Lipinski definition) is 8. The highest BCUT2D eigenvalue weighted by atomic mass is 35.5. The van der Waals surface area contributed by atoms with E-state index >= 15 is 0 Å². The maximum Gasteiger partial charge on any atom is 0.338 e. The Kier molecular flexibility index (Phi) is 9.85. The minimum Gasteiger partial charge on any atom is -0.490 e. The second-order valence-corrected chi connectivity index (χ2v) is 11.6. The van der Waals surface area contributed by atoms with Crippen molar-refractivity contribution in [2.75, 3.05) is 25.1 Å². The lowest BCUT2D eigenvalue weighted by atomic mass is 9.96. The molecule has 9 nitrogen and oxygen atoms in total. The summed E-state index contributed by atoms with van der Waals surface area (Å²) in [5, 5.41) is 3.22. The van der Waals surface area contributed by atoms with Gasteiger partial charge in [0.2, 0.25) is 0 Å². The lowest BCUT2D eigenvalue weighted by Crippen LogP contribution is -2.40. The molecule has 0 aliphatic carbocycles. The van der Waals surface area contributed by atoms with E-state index in [2.05, 4.69) is 10.3 Å². The molecule has 2 heterocycles. The molecule has 3 aromatic carbocycles. The van der Waals surface area contributed by atoms with Crippen LogP contribution in [-0.2, 0) is 14.3 Å². The van der Waals surface area contributed by atoms with Gasteiger partial charge in [-0.25, -0.2) is 9.79 Å². The van der Waals surface area contributed by atoms with Crippen LogP contribution in [0.3, 0.4) is 0 Å². The van der Waals surface area contributed by atoms with Crippen molar-refractivity contribution in [1.82, 2.24) is 4.57 Å². The van der Waals surface area contributed by atoms with Crippen LogP contribution < -0.4 is 29.7 Å². The van der Waals surface area contributed by atoms with Crippen LogP contribution in [0.15, 0.2) is 87.8 Å². The summed E-state index contributed by atoms with van der Waals surface area (Å²) in [6.45, 7) is 7.59. The molecule has 1 amide bonds. The molecule has 0 saturated heterocycles. The van der Waals surface area contributed by atoms with Crippen molar-refractivity contribution < 1.29 is 23.8 Å². The molecule has 1 atom stereocenters. The molecule has 232 valence electrons. The lowest BCUT2D eigenvalue weighted by Gasteiger charge is -2.25. The Bertz CT molecular complexity index is 1960. The highest BCUT2D eigenvalue weighted by Crippen LogP contribution is 2.34. The Balaban J connectivity index is 1.48. The van der Waals surface area contributed by atoms with Gasteiger partial charge in [0, 0.05) is 10.7 Å². The zero-order valence-corrected chi connectivity index (χ0v) is 26.8. The number of fused-ring (bicyclic) bond motifs is 1. The second-order valence-electron chi connectivity index (χ2n) is 10.2. The summed E-state index contributed by atoms with van der Waals surface area (Å²) in [6.07, 6.45) is 1.73. The maximum atomic E-state index is 13.9. The number of hydrogen-bond donors (Lipinski definition) is 1. The first-order valence-electron chi connectivity index (χ1n) is 14.4. The number of esters is 1. The molecule has 0 radical (unpaired) electrons. The van der Waals surface area contributed by atoms with Crippen LogP contribution in [0, 0.1) is 6.92 Å². The van der Waals surface area contributed by atoms with Crippen molar-refractivity contribution in [3.05, 3.63) is 119 Å². The van der Waals surface area contributed by atoms with Crippen LogP contribution in [0.1, 0.15) is 43.5 Å². The van der Waals surface area contributed by atoms with E-state index in [0.717, 1.165) is 5.56 Å². The number of allylic oxidation sites excluding steroid dienone is 1. The van der Waals surface area contributed by atoms with E-state index in [-0.39, 0.29) is 30.3 Å². The molecule has 45 heavy (non-hydrogen) atoms. The number of aryl methyl sites for hydroxylation is 1. The molecule has 0 saturated carbocycles. The van der Waals surface area contributed by atoms with E-state index in [1.165, 1.54) is 15.9 Å². The van der Waals surface area contributed by atoms with E-state index < -0.39 is 12.0 Å². The molecule has 11 heteroatoms. The van der Waals surface area contributed by atoms with Gasteiger partial charge < -0.3 is 19.5 Å². The zero-order valence-electron chi connectivity index (χ0n) is 25.3. The number of halogens is 1.